The van der Waals surface area contributed by atoms with Crippen LogP contribution in [0.3, 0.4) is 0 Å². The topological polar surface area (TPSA) is 132 Å². The number of ether oxygens (including phenoxy) is 1. The number of nitrogens with one attached hydrogen (secondary N) is 1. The minimum absolute atomic E-state index is 0.0226. The summed E-state index contributed by atoms with van der Waals surface area (Å²) in [5, 5.41) is 15.0. The molecule has 2 amide bonds. The van der Waals surface area contributed by atoms with Gasteiger partial charge in [0.2, 0.25) is 5.91 Å². The maximum atomic E-state index is 13.7. The van der Waals surface area contributed by atoms with Gasteiger partial charge in [-0.2, -0.15) is 0 Å². The first kappa shape index (κ1) is 25.6. The molecule has 1 unspecified atom stereocenters. The van der Waals surface area contributed by atoms with Gasteiger partial charge < -0.3 is 25.3 Å². The van der Waals surface area contributed by atoms with E-state index in [-0.39, 0.29) is 25.0 Å². The number of nitrogens with two attached hydrogens (primary N) is 1. The molecular weight excluding hydrogens is 525 g/mol. The number of aliphatic hydroxyl groups is 1. The van der Waals surface area contributed by atoms with Crippen LogP contribution in [0.2, 0.25) is 0 Å². The highest BCUT2D eigenvalue weighted by molar-refractivity contribution is 5.94. The number of carbonyl (C=O) groups is 2. The van der Waals surface area contributed by atoms with Crippen LogP contribution in [0, 0.1) is 11.7 Å². The van der Waals surface area contributed by atoms with Crippen LogP contribution in [0.1, 0.15) is 65.8 Å². The number of imidazole rings is 1. The summed E-state index contributed by atoms with van der Waals surface area (Å²) in [5.41, 5.74) is 7.17. The number of hydrogen-bond donors (Lipinski definition) is 3. The Morgan fingerprint density at radius 3 is 2.59 bits per heavy atom. The smallest absolute Gasteiger partial charge is 0.252 e. The standard InChI is InChI=1S/C31H30FN5O4/c1-30(29(33)39)16-41-27-22(30)12-24(36-26(27)18-4-9-21(32)10-5-18)31(40,20-7-8-20)15-34-28(38)19-6-11-25-35-23(17-2-3-17)14-37(25)13-19/h4-6,9-14,17,20,40H,2-3,7-8,15-16H2,1H3,(H2,33,39)(H,34,38)/t30-,31?/m0/s1. The predicted molar refractivity (Wildman–Crippen MR) is 148 cm³/mol. The summed E-state index contributed by atoms with van der Waals surface area (Å²) in [4.78, 5) is 35.3. The highest BCUT2D eigenvalue weighted by Crippen LogP contribution is 2.50. The third-order valence-electron chi connectivity index (χ3n) is 8.68. The average molecular weight is 556 g/mol. The number of benzene rings is 1. The minimum Gasteiger partial charge on any atom is -0.489 e. The number of carbonyl (C=O) groups excluding carboxylic acids is 2. The molecule has 0 radical (unpaired) electrons. The second kappa shape index (κ2) is 9.10. The number of halogens is 1. The normalized spacial score (nSPS) is 21.2. The molecule has 9 nitrogen and oxygen atoms in total. The van der Waals surface area contributed by atoms with Gasteiger partial charge in [-0.1, -0.05) is 0 Å². The average Bonchev–Trinajstić information content (AvgIpc) is 3.91. The van der Waals surface area contributed by atoms with Gasteiger partial charge in [-0.05, 0) is 81.0 Å². The van der Waals surface area contributed by atoms with E-state index in [4.69, 9.17) is 15.5 Å². The van der Waals surface area contributed by atoms with Crippen LogP contribution in [-0.4, -0.2) is 44.4 Å². The zero-order valence-corrected chi connectivity index (χ0v) is 22.6. The second-order valence-electron chi connectivity index (χ2n) is 11.7. The van der Waals surface area contributed by atoms with Crippen LogP contribution < -0.4 is 15.8 Å². The maximum Gasteiger partial charge on any atom is 0.252 e. The Bertz CT molecular complexity index is 1710. The molecular formula is C31H30FN5O4. The van der Waals surface area contributed by atoms with Crippen LogP contribution in [0.15, 0.2) is 54.9 Å². The molecule has 2 saturated carbocycles. The zero-order chi connectivity index (χ0) is 28.5. The Morgan fingerprint density at radius 2 is 1.90 bits per heavy atom. The number of amides is 2. The second-order valence-corrected chi connectivity index (χ2v) is 11.7. The lowest BCUT2D eigenvalue weighted by Gasteiger charge is -2.30. The zero-order valence-electron chi connectivity index (χ0n) is 22.6. The molecule has 1 aliphatic heterocycles. The van der Waals surface area contributed by atoms with E-state index in [1.807, 2.05) is 16.7 Å². The summed E-state index contributed by atoms with van der Waals surface area (Å²) >= 11 is 0. The summed E-state index contributed by atoms with van der Waals surface area (Å²) in [6.07, 6.45) is 7.50. The molecule has 10 heteroatoms. The first-order valence-corrected chi connectivity index (χ1v) is 13.9. The number of primary amides is 1. The fraction of sp³-hybridized carbons (Fsp3) is 0.355. The maximum absolute atomic E-state index is 13.7. The Balaban J connectivity index is 1.23. The number of pyridine rings is 2. The van der Waals surface area contributed by atoms with E-state index >= 15 is 0 Å². The van der Waals surface area contributed by atoms with Crippen LogP contribution >= 0.6 is 0 Å². The number of hydrogen-bond acceptors (Lipinski definition) is 6. The molecule has 210 valence electrons. The third-order valence-corrected chi connectivity index (χ3v) is 8.68. The van der Waals surface area contributed by atoms with Crippen molar-refractivity contribution in [3.63, 3.8) is 0 Å². The van der Waals surface area contributed by atoms with Crippen LogP contribution in [0.5, 0.6) is 5.75 Å². The van der Waals surface area contributed by atoms with Gasteiger partial charge in [-0.15, -0.1) is 0 Å². The Labute approximate surface area is 235 Å². The van der Waals surface area contributed by atoms with Gasteiger partial charge in [0.15, 0.2) is 0 Å². The van der Waals surface area contributed by atoms with Gasteiger partial charge >= 0.3 is 0 Å². The van der Waals surface area contributed by atoms with E-state index in [1.54, 1.807) is 37.4 Å². The first-order chi connectivity index (χ1) is 19.7. The molecule has 0 spiro atoms. The molecule has 2 atom stereocenters. The SMILES string of the molecule is C[C@]1(C(N)=O)COc2c1cc(C(O)(CNC(=O)c1ccc3nc(C4CC4)cn3c1)C1CC1)nc2-c1ccc(F)cc1. The molecule has 4 aromatic rings. The lowest BCUT2D eigenvalue weighted by molar-refractivity contribution is -0.123. The molecule has 7 rings (SSSR count). The van der Waals surface area contributed by atoms with Gasteiger partial charge in [-0.3, -0.25) is 9.59 Å². The molecule has 0 saturated heterocycles. The number of nitrogens with zero attached hydrogens (tertiary/aromatic N) is 3. The Morgan fingerprint density at radius 1 is 1.15 bits per heavy atom. The molecule has 2 aliphatic carbocycles. The van der Waals surface area contributed by atoms with Crippen molar-refractivity contribution in [2.24, 2.45) is 11.7 Å². The van der Waals surface area contributed by atoms with E-state index < -0.39 is 22.7 Å². The van der Waals surface area contributed by atoms with Crippen molar-refractivity contribution in [2.75, 3.05) is 13.2 Å². The fourth-order valence-electron chi connectivity index (χ4n) is 5.66. The molecule has 2 fully saturated rings. The van der Waals surface area contributed by atoms with Gasteiger partial charge in [0.1, 0.15) is 40.5 Å². The van der Waals surface area contributed by atoms with Crippen molar-refractivity contribution in [3.05, 3.63) is 83.2 Å². The molecule has 41 heavy (non-hydrogen) atoms. The van der Waals surface area contributed by atoms with Gasteiger partial charge in [0.05, 0.1) is 23.5 Å². The van der Waals surface area contributed by atoms with Crippen molar-refractivity contribution >= 4 is 17.5 Å². The summed E-state index contributed by atoms with van der Waals surface area (Å²) in [5.74, 6) is -0.572. The van der Waals surface area contributed by atoms with Crippen molar-refractivity contribution in [1.82, 2.24) is 19.7 Å². The van der Waals surface area contributed by atoms with Gasteiger partial charge in [0, 0.05) is 29.4 Å². The lowest BCUT2D eigenvalue weighted by atomic mass is 9.81. The van der Waals surface area contributed by atoms with Gasteiger partial charge in [0.25, 0.3) is 5.91 Å². The van der Waals surface area contributed by atoms with E-state index in [0.29, 0.717) is 39.7 Å². The molecule has 4 N–H and O–H groups in total. The number of rotatable bonds is 8. The minimum atomic E-state index is -1.52. The third kappa shape index (κ3) is 4.33. The molecule has 4 heterocycles. The number of fused-ring (bicyclic) bond motifs is 2. The summed E-state index contributed by atoms with van der Waals surface area (Å²) in [6, 6.07) is 11.0. The van der Waals surface area contributed by atoms with Gasteiger partial charge in [-0.25, -0.2) is 14.4 Å². The highest BCUT2D eigenvalue weighted by atomic mass is 19.1. The van der Waals surface area contributed by atoms with Crippen molar-refractivity contribution in [1.29, 1.82) is 0 Å². The van der Waals surface area contributed by atoms with Crippen LogP contribution in [0.25, 0.3) is 16.9 Å². The van der Waals surface area contributed by atoms with Crippen molar-refractivity contribution in [3.8, 4) is 17.0 Å². The van der Waals surface area contributed by atoms with Crippen molar-refractivity contribution < 1.29 is 23.8 Å². The Kier molecular flexibility index (Phi) is 5.69. The summed E-state index contributed by atoms with van der Waals surface area (Å²) < 4.78 is 21.5. The quantitative estimate of drug-likeness (QED) is 0.305. The Hall–Kier alpha value is -4.31. The van der Waals surface area contributed by atoms with E-state index in [1.165, 1.54) is 12.1 Å². The summed E-state index contributed by atoms with van der Waals surface area (Å²) in [7, 11) is 0. The van der Waals surface area contributed by atoms with E-state index in [2.05, 4.69) is 10.3 Å². The van der Waals surface area contributed by atoms with Crippen LogP contribution in [0.4, 0.5) is 4.39 Å². The molecule has 1 aromatic carbocycles. The monoisotopic (exact) mass is 555 g/mol. The first-order valence-electron chi connectivity index (χ1n) is 13.9. The molecule has 0 bridgehead atoms. The number of aromatic nitrogens is 3. The summed E-state index contributed by atoms with van der Waals surface area (Å²) in [6.45, 7) is 1.63. The van der Waals surface area contributed by atoms with E-state index in [9.17, 15) is 19.1 Å². The molecule has 3 aliphatic rings. The highest BCUT2D eigenvalue weighted by Gasteiger charge is 2.50. The lowest BCUT2D eigenvalue weighted by Crippen LogP contribution is -2.44. The fourth-order valence-corrected chi connectivity index (χ4v) is 5.66. The largest absolute Gasteiger partial charge is 0.489 e. The molecule has 3 aromatic heterocycles. The predicted octanol–water partition coefficient (Wildman–Crippen LogP) is 3.58. The van der Waals surface area contributed by atoms with Crippen molar-refractivity contribution in [2.45, 2.75) is 49.5 Å². The van der Waals surface area contributed by atoms with Crippen LogP contribution in [-0.2, 0) is 15.8 Å². The van der Waals surface area contributed by atoms with E-state index in [0.717, 1.165) is 37.0 Å².